The van der Waals surface area contributed by atoms with Crippen molar-refractivity contribution in [3.8, 4) is 0 Å². The van der Waals surface area contributed by atoms with Crippen LogP contribution in [0.15, 0.2) is 29.2 Å². The van der Waals surface area contributed by atoms with Crippen molar-refractivity contribution >= 4 is 11.9 Å². The van der Waals surface area contributed by atoms with Gasteiger partial charge in [0.1, 0.15) is 0 Å². The number of rotatable bonds is 3. The Morgan fingerprint density at radius 2 is 1.73 bits per heavy atom. The summed E-state index contributed by atoms with van der Waals surface area (Å²) in [4.78, 5) is 1.33. The third kappa shape index (κ3) is 3.23. The first-order chi connectivity index (χ1) is 7.38. The minimum Gasteiger partial charge on any atom is -0.326 e. The van der Waals surface area contributed by atoms with Crippen molar-refractivity contribution in [2.24, 2.45) is 5.73 Å². The molecule has 1 saturated heterocycles. The maximum atomic E-state index is 5.57. The van der Waals surface area contributed by atoms with Crippen LogP contribution in [0.2, 0.25) is 0 Å². The van der Waals surface area contributed by atoms with Crippen LogP contribution in [0.5, 0.6) is 0 Å². The molecule has 2 rings (SSSR count). The van der Waals surface area contributed by atoms with E-state index in [1.807, 2.05) is 11.9 Å². The first-order valence-electron chi connectivity index (χ1n) is 5.60. The molecule has 1 aliphatic rings. The normalized spacial score (nSPS) is 17.9. The molecule has 1 heterocycles. The Morgan fingerprint density at radius 1 is 1.07 bits per heavy atom. The summed E-state index contributed by atoms with van der Waals surface area (Å²) in [5.74, 6) is 0. The Bertz CT molecular complexity index is 291. The van der Waals surface area contributed by atoms with Gasteiger partial charge < -0.3 is 5.73 Å². The van der Waals surface area contributed by atoms with Crippen LogP contribution in [0.25, 0.3) is 0 Å². The minimum atomic E-state index is 0.634. The van der Waals surface area contributed by atoms with E-state index in [9.17, 15) is 0 Å². The summed E-state index contributed by atoms with van der Waals surface area (Å²) >= 11 is 1.88. The van der Waals surface area contributed by atoms with Gasteiger partial charge in [-0.25, -0.2) is 4.31 Å². The van der Waals surface area contributed by atoms with Crippen molar-refractivity contribution < 1.29 is 0 Å². The van der Waals surface area contributed by atoms with Crippen LogP contribution in [0, 0.1) is 0 Å². The molecule has 0 unspecified atom stereocenters. The standard InChI is InChI=1S/C12H18N2S/c13-10-11-4-6-12(7-5-11)15-14-8-2-1-3-9-14/h4-7H,1-3,8-10,13H2. The van der Waals surface area contributed by atoms with E-state index in [0.29, 0.717) is 6.54 Å². The molecule has 0 amide bonds. The van der Waals surface area contributed by atoms with Crippen molar-refractivity contribution in [1.29, 1.82) is 0 Å². The lowest BCUT2D eigenvalue weighted by atomic mass is 10.2. The Kier molecular flexibility index (Phi) is 4.06. The van der Waals surface area contributed by atoms with E-state index in [4.69, 9.17) is 5.73 Å². The lowest BCUT2D eigenvalue weighted by molar-refractivity contribution is 0.380. The second kappa shape index (κ2) is 5.54. The van der Waals surface area contributed by atoms with Gasteiger partial charge in [-0.05, 0) is 42.5 Å². The zero-order valence-corrected chi connectivity index (χ0v) is 9.80. The average Bonchev–Trinajstić information content (AvgIpc) is 2.31. The molecule has 1 aliphatic heterocycles. The summed E-state index contributed by atoms with van der Waals surface area (Å²) in [5, 5.41) is 0. The van der Waals surface area contributed by atoms with E-state index < -0.39 is 0 Å². The fourth-order valence-electron chi connectivity index (χ4n) is 1.79. The molecule has 0 spiro atoms. The van der Waals surface area contributed by atoms with Gasteiger partial charge in [0.05, 0.1) is 0 Å². The zero-order valence-electron chi connectivity index (χ0n) is 8.98. The van der Waals surface area contributed by atoms with Crippen molar-refractivity contribution in [2.75, 3.05) is 13.1 Å². The summed E-state index contributed by atoms with van der Waals surface area (Å²) in [5.41, 5.74) is 6.77. The SMILES string of the molecule is NCc1ccc(SN2CCCCC2)cc1. The summed E-state index contributed by atoms with van der Waals surface area (Å²) in [6, 6.07) is 8.57. The largest absolute Gasteiger partial charge is 0.326 e. The molecule has 0 aliphatic carbocycles. The average molecular weight is 222 g/mol. The predicted octanol–water partition coefficient (Wildman–Crippen LogP) is 2.64. The zero-order chi connectivity index (χ0) is 10.5. The maximum absolute atomic E-state index is 5.57. The van der Waals surface area contributed by atoms with Crippen LogP contribution < -0.4 is 5.73 Å². The summed E-state index contributed by atoms with van der Waals surface area (Å²) in [6.45, 7) is 3.08. The molecule has 1 aromatic rings. The fraction of sp³-hybridized carbons (Fsp3) is 0.500. The molecule has 2 nitrogen and oxygen atoms in total. The van der Waals surface area contributed by atoms with Crippen LogP contribution in [-0.4, -0.2) is 17.4 Å². The van der Waals surface area contributed by atoms with Gasteiger partial charge in [0, 0.05) is 24.5 Å². The van der Waals surface area contributed by atoms with Gasteiger partial charge in [0.25, 0.3) is 0 Å². The Hall–Kier alpha value is -0.510. The fourth-order valence-corrected chi connectivity index (χ4v) is 2.79. The van der Waals surface area contributed by atoms with Gasteiger partial charge in [0.15, 0.2) is 0 Å². The van der Waals surface area contributed by atoms with E-state index >= 15 is 0 Å². The Morgan fingerprint density at radius 3 is 2.33 bits per heavy atom. The molecule has 3 heteroatoms. The van der Waals surface area contributed by atoms with Gasteiger partial charge in [0.2, 0.25) is 0 Å². The van der Waals surface area contributed by atoms with Crippen LogP contribution in [0.1, 0.15) is 24.8 Å². The molecule has 1 aromatic carbocycles. The molecule has 82 valence electrons. The molecule has 0 bridgehead atoms. The van der Waals surface area contributed by atoms with E-state index in [1.54, 1.807) is 0 Å². The smallest absolute Gasteiger partial charge is 0.0230 e. The summed E-state index contributed by atoms with van der Waals surface area (Å²) in [6.07, 6.45) is 4.07. The van der Waals surface area contributed by atoms with E-state index in [2.05, 4.69) is 28.6 Å². The van der Waals surface area contributed by atoms with E-state index in [0.717, 1.165) is 0 Å². The number of benzene rings is 1. The second-order valence-electron chi connectivity index (χ2n) is 3.93. The van der Waals surface area contributed by atoms with Crippen molar-refractivity contribution in [3.63, 3.8) is 0 Å². The van der Waals surface area contributed by atoms with E-state index in [-0.39, 0.29) is 0 Å². The monoisotopic (exact) mass is 222 g/mol. The highest BCUT2D eigenvalue weighted by Gasteiger charge is 2.10. The molecule has 0 saturated carbocycles. The lowest BCUT2D eigenvalue weighted by Gasteiger charge is -2.25. The minimum absolute atomic E-state index is 0.634. The third-order valence-corrected chi connectivity index (χ3v) is 3.81. The number of piperidine rings is 1. The molecule has 2 N–H and O–H groups in total. The van der Waals surface area contributed by atoms with Gasteiger partial charge in [-0.15, -0.1) is 0 Å². The number of nitrogens with two attached hydrogens (primary N) is 1. The third-order valence-electron chi connectivity index (χ3n) is 2.71. The predicted molar refractivity (Wildman–Crippen MR) is 65.6 cm³/mol. The topological polar surface area (TPSA) is 29.3 Å². The maximum Gasteiger partial charge on any atom is 0.0230 e. The molecular formula is C12H18N2S. The van der Waals surface area contributed by atoms with Crippen molar-refractivity contribution in [1.82, 2.24) is 4.31 Å². The molecule has 0 atom stereocenters. The highest BCUT2D eigenvalue weighted by atomic mass is 32.2. The quantitative estimate of drug-likeness (QED) is 0.797. The van der Waals surface area contributed by atoms with Gasteiger partial charge in [-0.2, -0.15) is 0 Å². The van der Waals surface area contributed by atoms with Crippen LogP contribution in [0.4, 0.5) is 0 Å². The second-order valence-corrected chi connectivity index (χ2v) is 5.10. The van der Waals surface area contributed by atoms with Crippen LogP contribution >= 0.6 is 11.9 Å². The number of hydrogen-bond donors (Lipinski definition) is 1. The Labute approximate surface area is 96.0 Å². The van der Waals surface area contributed by atoms with Crippen LogP contribution in [0.3, 0.4) is 0 Å². The lowest BCUT2D eigenvalue weighted by Crippen LogP contribution is -2.22. The first-order valence-corrected chi connectivity index (χ1v) is 6.38. The number of nitrogens with zero attached hydrogens (tertiary/aromatic N) is 1. The highest BCUT2D eigenvalue weighted by Crippen LogP contribution is 2.26. The van der Waals surface area contributed by atoms with Gasteiger partial charge in [-0.3, -0.25) is 0 Å². The summed E-state index contributed by atoms with van der Waals surface area (Å²) in [7, 11) is 0. The van der Waals surface area contributed by atoms with Crippen molar-refractivity contribution in [2.45, 2.75) is 30.7 Å². The Balaban J connectivity index is 1.91. The molecule has 15 heavy (non-hydrogen) atoms. The number of hydrogen-bond acceptors (Lipinski definition) is 3. The molecular weight excluding hydrogens is 204 g/mol. The summed E-state index contributed by atoms with van der Waals surface area (Å²) < 4.78 is 2.46. The molecule has 1 fully saturated rings. The first kappa shape index (κ1) is 11.0. The van der Waals surface area contributed by atoms with Crippen molar-refractivity contribution in [3.05, 3.63) is 29.8 Å². The van der Waals surface area contributed by atoms with Gasteiger partial charge in [-0.1, -0.05) is 18.6 Å². The molecule has 0 aromatic heterocycles. The van der Waals surface area contributed by atoms with Crippen LogP contribution in [-0.2, 0) is 6.54 Å². The highest BCUT2D eigenvalue weighted by molar-refractivity contribution is 7.97. The van der Waals surface area contributed by atoms with Gasteiger partial charge >= 0.3 is 0 Å². The molecule has 0 radical (unpaired) electrons. The van der Waals surface area contributed by atoms with E-state index in [1.165, 1.54) is 42.8 Å².